The van der Waals surface area contributed by atoms with Crippen molar-refractivity contribution in [3.05, 3.63) is 58.3 Å². The molecule has 0 aliphatic rings. The van der Waals surface area contributed by atoms with E-state index in [0.717, 1.165) is 12.0 Å². The van der Waals surface area contributed by atoms with Crippen LogP contribution in [0.4, 0.5) is 0 Å². The summed E-state index contributed by atoms with van der Waals surface area (Å²) >= 11 is 1.45. The molecule has 0 spiro atoms. The van der Waals surface area contributed by atoms with Crippen molar-refractivity contribution in [1.29, 1.82) is 0 Å². The quantitative estimate of drug-likeness (QED) is 0.432. The van der Waals surface area contributed by atoms with Gasteiger partial charge in [-0.2, -0.15) is 11.3 Å². The van der Waals surface area contributed by atoms with E-state index in [-0.39, 0.29) is 30.9 Å². The highest BCUT2D eigenvalue weighted by atomic mass is 32.1. The van der Waals surface area contributed by atoms with Gasteiger partial charge < -0.3 is 15.4 Å². The highest BCUT2D eigenvalue weighted by molar-refractivity contribution is 7.08. The molecule has 6 nitrogen and oxygen atoms in total. The van der Waals surface area contributed by atoms with Crippen LogP contribution in [0.25, 0.3) is 0 Å². The first-order chi connectivity index (χ1) is 14.0. The van der Waals surface area contributed by atoms with Crippen molar-refractivity contribution in [2.75, 3.05) is 13.2 Å². The first-order valence-corrected chi connectivity index (χ1v) is 10.7. The van der Waals surface area contributed by atoms with E-state index in [4.69, 9.17) is 4.74 Å². The number of nitrogens with one attached hydrogen (secondary N) is 2. The zero-order valence-electron chi connectivity index (χ0n) is 16.9. The zero-order valence-corrected chi connectivity index (χ0v) is 17.7. The zero-order chi connectivity index (χ0) is 21.1. The summed E-state index contributed by atoms with van der Waals surface area (Å²) in [5.74, 6) is -0.521. The lowest BCUT2D eigenvalue weighted by molar-refractivity contribution is -0.148. The number of ether oxygens (including phenoxy) is 1. The third-order valence-corrected chi connectivity index (χ3v) is 4.92. The molecule has 2 aromatic rings. The van der Waals surface area contributed by atoms with E-state index in [9.17, 15) is 14.4 Å². The van der Waals surface area contributed by atoms with Gasteiger partial charge in [0.2, 0.25) is 0 Å². The second-order valence-corrected chi connectivity index (χ2v) is 7.97. The topological polar surface area (TPSA) is 84.5 Å². The van der Waals surface area contributed by atoms with Crippen LogP contribution in [-0.2, 0) is 14.3 Å². The number of carbonyl (C=O) groups excluding carboxylic acids is 3. The van der Waals surface area contributed by atoms with Crippen molar-refractivity contribution < 1.29 is 19.1 Å². The van der Waals surface area contributed by atoms with E-state index in [1.165, 1.54) is 11.3 Å². The van der Waals surface area contributed by atoms with E-state index in [2.05, 4.69) is 24.5 Å². The second-order valence-electron chi connectivity index (χ2n) is 7.19. The van der Waals surface area contributed by atoms with E-state index in [1.54, 1.807) is 11.4 Å². The highest BCUT2D eigenvalue weighted by Crippen LogP contribution is 2.20. The molecule has 29 heavy (non-hydrogen) atoms. The lowest BCUT2D eigenvalue weighted by Gasteiger charge is -2.21. The molecule has 1 aromatic carbocycles. The maximum atomic E-state index is 12.2. The van der Waals surface area contributed by atoms with Gasteiger partial charge in [0.05, 0.1) is 6.04 Å². The SMILES string of the molecule is CC(C)CC(NC(=O)COC(=O)CCCNC(=O)c1ccsc1)c1ccccc1. The number of hydrogen-bond acceptors (Lipinski definition) is 5. The molecular weight excluding hydrogens is 388 g/mol. The van der Waals surface area contributed by atoms with Gasteiger partial charge in [-0.1, -0.05) is 44.2 Å². The maximum absolute atomic E-state index is 12.2. The molecule has 0 fully saturated rings. The van der Waals surface area contributed by atoms with Gasteiger partial charge in [-0.3, -0.25) is 14.4 Å². The third kappa shape index (κ3) is 8.48. The summed E-state index contributed by atoms with van der Waals surface area (Å²) in [6, 6.07) is 11.4. The molecule has 0 saturated heterocycles. The summed E-state index contributed by atoms with van der Waals surface area (Å²) in [5, 5.41) is 9.30. The fourth-order valence-electron chi connectivity index (χ4n) is 2.82. The predicted octanol–water partition coefficient (Wildman–Crippen LogP) is 3.70. The number of esters is 1. The maximum Gasteiger partial charge on any atom is 0.306 e. The van der Waals surface area contributed by atoms with E-state index in [0.29, 0.717) is 24.4 Å². The molecule has 0 aliphatic heterocycles. The van der Waals surface area contributed by atoms with Gasteiger partial charge in [0.25, 0.3) is 11.8 Å². The molecule has 156 valence electrons. The van der Waals surface area contributed by atoms with Crippen LogP contribution in [0.3, 0.4) is 0 Å². The third-order valence-electron chi connectivity index (χ3n) is 4.24. The monoisotopic (exact) mass is 416 g/mol. The summed E-state index contributed by atoms with van der Waals surface area (Å²) in [5.41, 5.74) is 1.64. The molecule has 2 N–H and O–H groups in total. The summed E-state index contributed by atoms with van der Waals surface area (Å²) < 4.78 is 5.06. The normalized spacial score (nSPS) is 11.7. The van der Waals surface area contributed by atoms with E-state index >= 15 is 0 Å². The van der Waals surface area contributed by atoms with E-state index in [1.807, 2.05) is 35.7 Å². The van der Waals surface area contributed by atoms with Crippen LogP contribution in [0.5, 0.6) is 0 Å². The van der Waals surface area contributed by atoms with Gasteiger partial charge in [-0.05, 0) is 35.8 Å². The second kappa shape index (κ2) is 12.0. The fraction of sp³-hybridized carbons (Fsp3) is 0.409. The molecule has 1 aromatic heterocycles. The van der Waals surface area contributed by atoms with Crippen molar-refractivity contribution in [3.63, 3.8) is 0 Å². The molecule has 2 amide bonds. The van der Waals surface area contributed by atoms with Crippen LogP contribution < -0.4 is 10.6 Å². The Hall–Kier alpha value is -2.67. The van der Waals surface area contributed by atoms with Gasteiger partial charge in [0, 0.05) is 23.9 Å². The average Bonchev–Trinajstić information content (AvgIpc) is 3.24. The number of thiophene rings is 1. The molecule has 0 saturated carbocycles. The minimum absolute atomic E-state index is 0.116. The molecular formula is C22H28N2O4S. The summed E-state index contributed by atoms with van der Waals surface area (Å²) in [6.07, 6.45) is 1.40. The van der Waals surface area contributed by atoms with Crippen LogP contribution in [0.2, 0.25) is 0 Å². The molecule has 1 unspecified atom stereocenters. The van der Waals surface area contributed by atoms with Crippen molar-refractivity contribution in [2.24, 2.45) is 5.92 Å². The molecule has 0 bridgehead atoms. The standard InChI is InChI=1S/C22H28N2O4S/c1-16(2)13-19(17-7-4-3-5-8-17)24-20(25)14-28-21(26)9-6-11-23-22(27)18-10-12-29-15-18/h3-5,7-8,10,12,15-16,19H,6,9,11,13-14H2,1-2H3,(H,23,27)(H,24,25). The lowest BCUT2D eigenvalue weighted by atomic mass is 9.97. The molecule has 7 heteroatoms. The Morgan fingerprint density at radius 3 is 2.52 bits per heavy atom. The van der Waals surface area contributed by atoms with Crippen molar-refractivity contribution >= 4 is 29.1 Å². The first kappa shape index (κ1) is 22.6. The van der Waals surface area contributed by atoms with Crippen LogP contribution in [0.1, 0.15) is 55.1 Å². The van der Waals surface area contributed by atoms with E-state index < -0.39 is 5.97 Å². The minimum atomic E-state index is -0.454. The Morgan fingerprint density at radius 2 is 1.86 bits per heavy atom. The number of amides is 2. The largest absolute Gasteiger partial charge is 0.456 e. The van der Waals surface area contributed by atoms with Crippen LogP contribution in [-0.4, -0.2) is 30.9 Å². The smallest absolute Gasteiger partial charge is 0.306 e. The molecule has 1 atom stereocenters. The van der Waals surface area contributed by atoms with Crippen LogP contribution in [0, 0.1) is 5.92 Å². The molecule has 1 heterocycles. The fourth-order valence-corrected chi connectivity index (χ4v) is 3.46. The Kier molecular flexibility index (Phi) is 9.37. The van der Waals surface area contributed by atoms with Crippen molar-refractivity contribution in [1.82, 2.24) is 10.6 Å². The molecule has 2 rings (SSSR count). The minimum Gasteiger partial charge on any atom is -0.456 e. The van der Waals surface area contributed by atoms with Crippen molar-refractivity contribution in [3.8, 4) is 0 Å². The Bertz CT molecular complexity index is 775. The van der Waals surface area contributed by atoms with Crippen LogP contribution >= 0.6 is 11.3 Å². The van der Waals surface area contributed by atoms with Gasteiger partial charge in [-0.15, -0.1) is 0 Å². The first-order valence-electron chi connectivity index (χ1n) is 9.76. The number of rotatable bonds is 11. The Morgan fingerprint density at radius 1 is 1.10 bits per heavy atom. The summed E-state index contributed by atoms with van der Waals surface area (Å²) in [4.78, 5) is 35.8. The van der Waals surface area contributed by atoms with Gasteiger partial charge in [0.1, 0.15) is 0 Å². The highest BCUT2D eigenvalue weighted by Gasteiger charge is 2.17. The summed E-state index contributed by atoms with van der Waals surface area (Å²) in [7, 11) is 0. The number of benzene rings is 1. The predicted molar refractivity (Wildman–Crippen MR) is 114 cm³/mol. The Labute approximate surface area is 175 Å². The van der Waals surface area contributed by atoms with Gasteiger partial charge in [0.15, 0.2) is 6.61 Å². The number of carbonyl (C=O) groups is 3. The molecule has 0 aliphatic carbocycles. The van der Waals surface area contributed by atoms with Gasteiger partial charge >= 0.3 is 5.97 Å². The summed E-state index contributed by atoms with van der Waals surface area (Å²) in [6.45, 7) is 4.26. The average molecular weight is 417 g/mol. The lowest BCUT2D eigenvalue weighted by Crippen LogP contribution is -2.33. The van der Waals surface area contributed by atoms with Crippen molar-refractivity contribution in [2.45, 2.75) is 39.2 Å². The molecule has 0 radical (unpaired) electrons. The van der Waals surface area contributed by atoms with Gasteiger partial charge in [-0.25, -0.2) is 0 Å². The van der Waals surface area contributed by atoms with Crippen LogP contribution in [0.15, 0.2) is 47.2 Å². The Balaban J connectivity index is 1.67. The number of hydrogen-bond donors (Lipinski definition) is 2.